The van der Waals surface area contributed by atoms with Gasteiger partial charge in [0.05, 0.1) is 16.7 Å². The minimum Gasteiger partial charge on any atom is -0.374 e. The van der Waals surface area contributed by atoms with Gasteiger partial charge in [-0.1, -0.05) is 60.7 Å². The van der Waals surface area contributed by atoms with Gasteiger partial charge in [0, 0.05) is 49.1 Å². The molecule has 4 rings (SSSR count). The molecule has 2 aromatic carbocycles. The smallest absolute Gasteiger partial charge is 0.176 e. The van der Waals surface area contributed by atoms with Crippen LogP contribution in [0.2, 0.25) is 0 Å². The molecule has 35 heavy (non-hydrogen) atoms. The van der Waals surface area contributed by atoms with Crippen molar-refractivity contribution < 1.29 is 9.59 Å². The minimum absolute atomic E-state index is 0.0125. The number of carbonyl (C=O) groups is 2. The molecule has 0 saturated heterocycles. The Balaban J connectivity index is 0.000000237. The molecule has 0 atom stereocenters. The average Bonchev–Trinajstić information content (AvgIpc) is 3.09. The summed E-state index contributed by atoms with van der Waals surface area (Å²) in [6.45, 7) is 9.20. The number of nitrogens with zero attached hydrogens (tertiary/aromatic N) is 3. The maximum atomic E-state index is 11.9. The number of aromatic nitrogens is 2. The van der Waals surface area contributed by atoms with E-state index in [0.29, 0.717) is 11.3 Å². The number of ketones is 2. The molecule has 0 N–H and O–H groups in total. The van der Waals surface area contributed by atoms with Crippen molar-refractivity contribution in [3.63, 3.8) is 0 Å². The summed E-state index contributed by atoms with van der Waals surface area (Å²) in [5.41, 5.74) is 4.40. The number of Topliss-reactive ketones (excluding diaryl/α,β-unsaturated/α-hetero) is 2. The molecule has 182 valence electrons. The summed E-state index contributed by atoms with van der Waals surface area (Å²) in [5.74, 6) is 0.0647. The number of carbonyl (C=O) groups excluding carboxylic acids is 2. The van der Waals surface area contributed by atoms with E-state index in [4.69, 9.17) is 11.6 Å². The van der Waals surface area contributed by atoms with Crippen LogP contribution in [0.15, 0.2) is 42.5 Å². The van der Waals surface area contributed by atoms with Crippen LogP contribution in [0.25, 0.3) is 34.5 Å². The molecule has 1 aliphatic carbocycles. The molecule has 3 aromatic rings. The SMILES string of the molecule is C=c1cc(-c2ccc(C(C)=O)cc2)cc/c1=C(\C(C)=O)N(C)C.Cc1nn(C)c2c1=C(Cl)CCC=2. The first kappa shape index (κ1) is 26.2. The van der Waals surface area contributed by atoms with E-state index in [1.165, 1.54) is 5.35 Å². The molecular weight excluding hydrogens is 458 g/mol. The number of hydrogen-bond donors (Lipinski definition) is 0. The highest BCUT2D eigenvalue weighted by atomic mass is 35.5. The van der Waals surface area contributed by atoms with Gasteiger partial charge in [0.1, 0.15) is 0 Å². The van der Waals surface area contributed by atoms with Crippen LogP contribution in [0.4, 0.5) is 0 Å². The Morgan fingerprint density at radius 2 is 1.69 bits per heavy atom. The summed E-state index contributed by atoms with van der Waals surface area (Å²) >= 11 is 6.11. The molecule has 1 aliphatic rings. The summed E-state index contributed by atoms with van der Waals surface area (Å²) < 4.78 is 1.90. The molecule has 0 radical (unpaired) electrons. The summed E-state index contributed by atoms with van der Waals surface area (Å²) in [7, 11) is 5.66. The van der Waals surface area contributed by atoms with E-state index in [9.17, 15) is 9.59 Å². The lowest BCUT2D eigenvalue weighted by atomic mass is 10.0. The largest absolute Gasteiger partial charge is 0.374 e. The van der Waals surface area contributed by atoms with Crippen LogP contribution in [-0.2, 0) is 11.8 Å². The van der Waals surface area contributed by atoms with Gasteiger partial charge >= 0.3 is 0 Å². The first-order chi connectivity index (χ1) is 16.5. The molecule has 0 aliphatic heterocycles. The zero-order chi connectivity index (χ0) is 25.9. The fourth-order valence-corrected chi connectivity index (χ4v) is 4.70. The van der Waals surface area contributed by atoms with E-state index >= 15 is 0 Å². The fourth-order valence-electron chi connectivity index (χ4n) is 4.35. The molecule has 6 heteroatoms. The molecule has 0 spiro atoms. The summed E-state index contributed by atoms with van der Waals surface area (Å²) in [5, 5.41) is 9.24. The monoisotopic (exact) mass is 489 g/mol. The third kappa shape index (κ3) is 5.80. The minimum atomic E-state index is 0.0125. The molecule has 0 fully saturated rings. The predicted octanol–water partition coefficient (Wildman–Crippen LogP) is 2.88. The van der Waals surface area contributed by atoms with Crippen molar-refractivity contribution in [3.05, 3.63) is 74.7 Å². The summed E-state index contributed by atoms with van der Waals surface area (Å²) in [6.07, 6.45) is 4.19. The number of fused-ring (bicyclic) bond motifs is 1. The lowest BCUT2D eigenvalue weighted by Crippen LogP contribution is -2.33. The van der Waals surface area contributed by atoms with Gasteiger partial charge in [-0.2, -0.15) is 5.10 Å². The van der Waals surface area contributed by atoms with Crippen LogP contribution in [0.1, 0.15) is 42.7 Å². The second-order valence-electron chi connectivity index (χ2n) is 8.92. The lowest BCUT2D eigenvalue weighted by Gasteiger charge is -2.15. The number of aryl methyl sites for hydroxylation is 2. The van der Waals surface area contributed by atoms with Gasteiger partial charge in [-0.25, -0.2) is 0 Å². The summed E-state index contributed by atoms with van der Waals surface area (Å²) in [4.78, 5) is 25.0. The topological polar surface area (TPSA) is 55.2 Å². The van der Waals surface area contributed by atoms with Gasteiger partial charge in [-0.3, -0.25) is 14.3 Å². The number of hydrogen-bond acceptors (Lipinski definition) is 4. The maximum Gasteiger partial charge on any atom is 0.176 e. The third-order valence-electron chi connectivity index (χ3n) is 6.01. The van der Waals surface area contributed by atoms with Gasteiger partial charge in [0.15, 0.2) is 11.6 Å². The highest BCUT2D eigenvalue weighted by molar-refractivity contribution is 6.45. The molecule has 1 heterocycles. The van der Waals surface area contributed by atoms with Crippen molar-refractivity contribution in [2.24, 2.45) is 7.05 Å². The van der Waals surface area contributed by atoms with Crippen molar-refractivity contribution in [1.82, 2.24) is 14.7 Å². The van der Waals surface area contributed by atoms with Gasteiger partial charge in [0.25, 0.3) is 0 Å². The van der Waals surface area contributed by atoms with Gasteiger partial charge < -0.3 is 4.90 Å². The van der Waals surface area contributed by atoms with Gasteiger partial charge in [-0.05, 0) is 49.1 Å². The molecule has 0 unspecified atom stereocenters. The molecule has 0 saturated carbocycles. The van der Waals surface area contributed by atoms with E-state index in [-0.39, 0.29) is 11.6 Å². The lowest BCUT2D eigenvalue weighted by molar-refractivity contribution is -0.112. The Morgan fingerprint density at radius 3 is 2.20 bits per heavy atom. The zero-order valence-electron chi connectivity index (χ0n) is 21.3. The standard InChI is InChI=1S/C20H21NO2.C9H11ClN2/c1-13-12-18(17-8-6-16(7-9-17)14(2)22)10-11-19(13)20(15(3)23)21(4)5;1-6-9-7(10)4-3-5-8(9)12(2)11-6/h6-12H,1H2,2-5H3;5H,3-4H2,1-2H3/b20-19-;. The van der Waals surface area contributed by atoms with Crippen molar-refractivity contribution in [3.8, 4) is 11.1 Å². The Kier molecular flexibility index (Phi) is 8.13. The van der Waals surface area contributed by atoms with Crippen LogP contribution in [0.5, 0.6) is 0 Å². The molecular formula is C29H32ClN3O2. The first-order valence-corrected chi connectivity index (χ1v) is 11.9. The average molecular weight is 490 g/mol. The van der Waals surface area contributed by atoms with Crippen molar-refractivity contribution >= 4 is 46.6 Å². The Morgan fingerprint density at radius 1 is 1.06 bits per heavy atom. The molecule has 0 amide bonds. The van der Waals surface area contributed by atoms with Crippen molar-refractivity contribution in [2.45, 2.75) is 33.6 Å². The quantitative estimate of drug-likeness (QED) is 0.529. The van der Waals surface area contributed by atoms with Crippen molar-refractivity contribution in [1.29, 1.82) is 0 Å². The van der Waals surface area contributed by atoms with Crippen LogP contribution in [0, 0.1) is 6.92 Å². The fraction of sp³-hybridized carbons (Fsp3) is 0.276. The number of likely N-dealkylation sites (N-methyl/N-ethyl adjacent to an activating group) is 1. The number of rotatable bonds is 4. The normalized spacial score (nSPS) is 13.2. The van der Waals surface area contributed by atoms with Crippen LogP contribution in [0.3, 0.4) is 0 Å². The van der Waals surface area contributed by atoms with E-state index in [1.807, 2.05) is 80.1 Å². The van der Waals surface area contributed by atoms with E-state index in [1.54, 1.807) is 13.8 Å². The molecule has 1 aromatic heterocycles. The Labute approximate surface area is 211 Å². The third-order valence-corrected chi connectivity index (χ3v) is 6.38. The maximum absolute atomic E-state index is 11.9. The number of halogens is 1. The predicted molar refractivity (Wildman–Crippen MR) is 145 cm³/mol. The van der Waals surface area contributed by atoms with Crippen LogP contribution >= 0.6 is 11.6 Å². The molecule has 5 nitrogen and oxygen atoms in total. The summed E-state index contributed by atoms with van der Waals surface area (Å²) in [6, 6.07) is 13.3. The van der Waals surface area contributed by atoms with E-state index < -0.39 is 0 Å². The first-order valence-electron chi connectivity index (χ1n) is 11.5. The van der Waals surface area contributed by atoms with Crippen LogP contribution < -0.4 is 21.0 Å². The second-order valence-corrected chi connectivity index (χ2v) is 9.38. The van der Waals surface area contributed by atoms with Gasteiger partial charge in [-0.15, -0.1) is 0 Å². The van der Waals surface area contributed by atoms with E-state index in [2.05, 4.69) is 17.8 Å². The Bertz CT molecular complexity index is 1510. The van der Waals surface area contributed by atoms with Gasteiger partial charge in [0.2, 0.25) is 0 Å². The molecule has 0 bridgehead atoms. The zero-order valence-corrected chi connectivity index (χ0v) is 22.0. The Hall–Kier alpha value is -3.44. The van der Waals surface area contributed by atoms with Crippen molar-refractivity contribution in [2.75, 3.05) is 14.1 Å². The highest BCUT2D eigenvalue weighted by Crippen LogP contribution is 2.18. The second kappa shape index (κ2) is 10.9. The van der Waals surface area contributed by atoms with Crippen LogP contribution in [-0.4, -0.2) is 40.3 Å². The van der Waals surface area contributed by atoms with E-state index in [0.717, 1.165) is 50.4 Å². The number of benzene rings is 2. The highest BCUT2D eigenvalue weighted by Gasteiger charge is 2.09.